The van der Waals surface area contributed by atoms with Crippen molar-refractivity contribution in [3.8, 4) is 11.4 Å². The number of nitrogens with zero attached hydrogens (tertiary/aromatic N) is 2. The van der Waals surface area contributed by atoms with Gasteiger partial charge in [-0.05, 0) is 5.41 Å². The smallest absolute Gasteiger partial charge is 0.163 e. The second-order valence-electron chi connectivity index (χ2n) is 5.89. The summed E-state index contributed by atoms with van der Waals surface area (Å²) >= 11 is 0. The summed E-state index contributed by atoms with van der Waals surface area (Å²) in [6.07, 6.45) is 0. The van der Waals surface area contributed by atoms with Crippen LogP contribution in [0.5, 0.6) is 0 Å². The van der Waals surface area contributed by atoms with Gasteiger partial charge in [-0.2, -0.15) is 0 Å². The predicted octanol–water partition coefficient (Wildman–Crippen LogP) is 2.89. The molecule has 0 fully saturated rings. The van der Waals surface area contributed by atoms with Crippen molar-refractivity contribution in [1.82, 2.24) is 9.97 Å². The maximum atomic E-state index is 5.48. The molecule has 0 aliphatic carbocycles. The molecule has 0 saturated heterocycles. The third-order valence-corrected chi connectivity index (χ3v) is 2.71. The summed E-state index contributed by atoms with van der Waals surface area (Å²) in [4.78, 5) is 8.92. The Morgan fingerprint density at radius 1 is 1.05 bits per heavy atom. The Morgan fingerprint density at radius 2 is 1.70 bits per heavy atom. The Kier molecular flexibility index (Phi) is 4.20. The number of nitrogens with two attached hydrogens (primary N) is 1. The number of anilines is 2. The molecule has 4 N–H and O–H groups in total. The van der Waals surface area contributed by atoms with E-state index in [-0.39, 0.29) is 5.41 Å². The molecule has 0 amide bonds. The second-order valence-corrected chi connectivity index (χ2v) is 5.89. The van der Waals surface area contributed by atoms with Gasteiger partial charge in [-0.15, -0.1) is 0 Å². The molecule has 106 valence electrons. The molecule has 0 atom stereocenters. The van der Waals surface area contributed by atoms with Crippen molar-refractivity contribution in [3.63, 3.8) is 0 Å². The highest BCUT2D eigenvalue weighted by Crippen LogP contribution is 2.21. The average molecular weight is 271 g/mol. The maximum Gasteiger partial charge on any atom is 0.163 e. The molecule has 0 unspecified atom stereocenters. The Labute approximate surface area is 119 Å². The van der Waals surface area contributed by atoms with E-state index in [1.54, 1.807) is 6.07 Å². The molecule has 1 aromatic heterocycles. The number of nitrogens with one attached hydrogen (secondary N) is 2. The number of rotatable bonds is 4. The third kappa shape index (κ3) is 3.93. The number of hydrogen-bond donors (Lipinski definition) is 3. The number of hydrogen-bond acceptors (Lipinski definition) is 5. The number of aromatic nitrogens is 2. The maximum absolute atomic E-state index is 5.48. The number of benzene rings is 1. The van der Waals surface area contributed by atoms with Gasteiger partial charge in [0.25, 0.3) is 0 Å². The van der Waals surface area contributed by atoms with Crippen molar-refractivity contribution in [2.75, 3.05) is 17.3 Å². The van der Waals surface area contributed by atoms with Crippen molar-refractivity contribution in [3.05, 3.63) is 36.4 Å². The van der Waals surface area contributed by atoms with Gasteiger partial charge in [0.05, 0.1) is 0 Å². The monoisotopic (exact) mass is 271 g/mol. The minimum absolute atomic E-state index is 0.175. The molecule has 20 heavy (non-hydrogen) atoms. The molecule has 5 heteroatoms. The van der Waals surface area contributed by atoms with E-state index in [0.717, 1.165) is 17.9 Å². The first-order valence-electron chi connectivity index (χ1n) is 6.63. The number of hydrazine groups is 1. The first kappa shape index (κ1) is 14.3. The SMILES string of the molecule is CC(C)(C)CNc1cc(NN)nc(-c2ccccc2)n1. The Hall–Kier alpha value is -2.14. The summed E-state index contributed by atoms with van der Waals surface area (Å²) in [5, 5.41) is 3.32. The topological polar surface area (TPSA) is 75.9 Å². The molecule has 0 spiro atoms. The van der Waals surface area contributed by atoms with Crippen LogP contribution in [0.3, 0.4) is 0 Å². The first-order chi connectivity index (χ1) is 9.48. The van der Waals surface area contributed by atoms with Crippen molar-refractivity contribution in [1.29, 1.82) is 0 Å². The lowest BCUT2D eigenvalue weighted by atomic mass is 9.97. The molecule has 2 rings (SSSR count). The van der Waals surface area contributed by atoms with Crippen LogP contribution in [0.2, 0.25) is 0 Å². The Bertz CT molecular complexity index is 560. The van der Waals surface area contributed by atoms with E-state index in [1.807, 2.05) is 30.3 Å². The molecular formula is C15H21N5. The van der Waals surface area contributed by atoms with Gasteiger partial charge in [-0.25, -0.2) is 15.8 Å². The van der Waals surface area contributed by atoms with Gasteiger partial charge in [0.15, 0.2) is 5.82 Å². The predicted molar refractivity (Wildman–Crippen MR) is 83.2 cm³/mol. The van der Waals surface area contributed by atoms with Crippen LogP contribution >= 0.6 is 0 Å². The lowest BCUT2D eigenvalue weighted by Gasteiger charge is -2.19. The Morgan fingerprint density at radius 3 is 2.30 bits per heavy atom. The summed E-state index contributed by atoms with van der Waals surface area (Å²) in [6, 6.07) is 11.6. The van der Waals surface area contributed by atoms with Crippen LogP contribution in [0.1, 0.15) is 20.8 Å². The highest BCUT2D eigenvalue weighted by molar-refractivity contribution is 5.60. The molecule has 0 aliphatic rings. The van der Waals surface area contributed by atoms with E-state index in [9.17, 15) is 0 Å². The van der Waals surface area contributed by atoms with Crippen molar-refractivity contribution in [2.24, 2.45) is 11.3 Å². The summed E-state index contributed by atoms with van der Waals surface area (Å²) < 4.78 is 0. The summed E-state index contributed by atoms with van der Waals surface area (Å²) in [5.74, 6) is 7.49. The molecule has 1 heterocycles. The number of nitrogen functional groups attached to an aromatic ring is 1. The van der Waals surface area contributed by atoms with Gasteiger partial charge in [-0.1, -0.05) is 51.1 Å². The lowest BCUT2D eigenvalue weighted by Crippen LogP contribution is -2.20. The van der Waals surface area contributed by atoms with Crippen molar-refractivity contribution >= 4 is 11.6 Å². The molecule has 0 bridgehead atoms. The van der Waals surface area contributed by atoms with Gasteiger partial charge < -0.3 is 10.7 Å². The summed E-state index contributed by atoms with van der Waals surface area (Å²) in [7, 11) is 0. The van der Waals surface area contributed by atoms with E-state index in [1.165, 1.54) is 0 Å². The van der Waals surface area contributed by atoms with E-state index in [2.05, 4.69) is 41.5 Å². The van der Waals surface area contributed by atoms with Gasteiger partial charge in [-0.3, -0.25) is 0 Å². The minimum atomic E-state index is 0.175. The minimum Gasteiger partial charge on any atom is -0.369 e. The fourth-order valence-electron chi connectivity index (χ4n) is 1.68. The largest absolute Gasteiger partial charge is 0.369 e. The van der Waals surface area contributed by atoms with E-state index >= 15 is 0 Å². The first-order valence-corrected chi connectivity index (χ1v) is 6.63. The molecule has 0 radical (unpaired) electrons. The fraction of sp³-hybridized carbons (Fsp3) is 0.333. The highest BCUT2D eigenvalue weighted by atomic mass is 15.3. The molecule has 5 nitrogen and oxygen atoms in total. The summed E-state index contributed by atoms with van der Waals surface area (Å²) in [5.41, 5.74) is 3.72. The molecular weight excluding hydrogens is 250 g/mol. The van der Waals surface area contributed by atoms with Crippen LogP contribution in [0, 0.1) is 5.41 Å². The zero-order chi connectivity index (χ0) is 14.6. The van der Waals surface area contributed by atoms with Crippen LogP contribution < -0.4 is 16.6 Å². The quantitative estimate of drug-likeness (QED) is 0.589. The van der Waals surface area contributed by atoms with Crippen LogP contribution in [-0.4, -0.2) is 16.5 Å². The molecule has 0 aliphatic heterocycles. The van der Waals surface area contributed by atoms with Gasteiger partial charge in [0.2, 0.25) is 0 Å². The normalized spacial score (nSPS) is 11.2. The van der Waals surface area contributed by atoms with Gasteiger partial charge in [0.1, 0.15) is 11.6 Å². The molecule has 1 aromatic carbocycles. The van der Waals surface area contributed by atoms with Crippen LogP contribution in [0.15, 0.2) is 36.4 Å². The van der Waals surface area contributed by atoms with Crippen molar-refractivity contribution in [2.45, 2.75) is 20.8 Å². The third-order valence-electron chi connectivity index (χ3n) is 2.71. The average Bonchev–Trinajstić information content (AvgIpc) is 2.45. The lowest BCUT2D eigenvalue weighted by molar-refractivity contribution is 0.442. The van der Waals surface area contributed by atoms with Crippen molar-refractivity contribution < 1.29 is 0 Å². The van der Waals surface area contributed by atoms with Gasteiger partial charge in [0, 0.05) is 18.2 Å². The fourth-order valence-corrected chi connectivity index (χ4v) is 1.68. The molecule has 2 aromatic rings. The van der Waals surface area contributed by atoms with Crippen LogP contribution in [0.25, 0.3) is 11.4 Å². The highest BCUT2D eigenvalue weighted by Gasteiger charge is 2.11. The Balaban J connectivity index is 2.30. The van der Waals surface area contributed by atoms with Gasteiger partial charge >= 0.3 is 0 Å². The zero-order valence-electron chi connectivity index (χ0n) is 12.1. The van der Waals surface area contributed by atoms with E-state index in [4.69, 9.17) is 5.84 Å². The standard InChI is InChI=1S/C15H21N5/c1-15(2,3)10-17-12-9-13(20-16)19-14(18-12)11-7-5-4-6-8-11/h4-9H,10,16H2,1-3H3,(H2,17,18,19,20). The van der Waals surface area contributed by atoms with E-state index in [0.29, 0.717) is 11.6 Å². The second kappa shape index (κ2) is 5.88. The molecule has 0 saturated carbocycles. The summed E-state index contributed by atoms with van der Waals surface area (Å²) in [6.45, 7) is 7.33. The zero-order valence-corrected chi connectivity index (χ0v) is 12.1. The van der Waals surface area contributed by atoms with Crippen LogP contribution in [0.4, 0.5) is 11.6 Å². The van der Waals surface area contributed by atoms with E-state index < -0.39 is 0 Å². The van der Waals surface area contributed by atoms with Crippen LogP contribution in [-0.2, 0) is 0 Å².